The Kier molecular flexibility index (Phi) is 7.20. The summed E-state index contributed by atoms with van der Waals surface area (Å²) in [5.74, 6) is 0. The van der Waals surface area contributed by atoms with Crippen LogP contribution in [-0.2, 0) is 0 Å². The molecule has 2 saturated heterocycles. The van der Waals surface area contributed by atoms with Crippen molar-refractivity contribution in [1.29, 1.82) is 0 Å². The molecule has 0 radical (unpaired) electrons. The first-order valence-corrected chi connectivity index (χ1v) is 4.46. The summed E-state index contributed by atoms with van der Waals surface area (Å²) < 4.78 is 15.3. The average Bonchev–Trinajstić information content (AvgIpc) is 2.28. The standard InChI is InChI=1S/C6H10N2O.Na.H2O2S/c9-6-7-5-2-1-3-8(6)4-5;;1-3-2/h5H,1-4H2,(H,7,9);;1-2H/q;+1;/p-1. The minimum atomic E-state index is -0.500. The molecule has 2 aliphatic heterocycles. The molecule has 0 aromatic rings. The smallest absolute Gasteiger partial charge is 0.776 e. The molecule has 1 unspecified atom stereocenters. The number of piperidine rings is 1. The van der Waals surface area contributed by atoms with Gasteiger partial charge in [0.15, 0.2) is 0 Å². The van der Waals surface area contributed by atoms with Gasteiger partial charge in [-0.05, 0) is 12.8 Å². The first-order valence-electron chi connectivity index (χ1n) is 3.76. The molecule has 0 spiro atoms. The predicted molar refractivity (Wildman–Crippen MR) is 44.1 cm³/mol. The third kappa shape index (κ3) is 4.05. The molecule has 2 heterocycles. The topological polar surface area (TPSA) is 75.6 Å². The number of carbonyl (C=O) groups is 1. The fourth-order valence-corrected chi connectivity index (χ4v) is 1.55. The Bertz CT molecular complexity index is 172. The molecule has 2 rings (SSSR count). The van der Waals surface area contributed by atoms with E-state index >= 15 is 0 Å². The third-order valence-corrected chi connectivity index (χ3v) is 2.04. The van der Waals surface area contributed by atoms with Crippen LogP contribution in [0.1, 0.15) is 12.8 Å². The SMILES string of the molecule is O=C1NC2CCCN1C2.[Na+].[O-]SO. The van der Waals surface area contributed by atoms with E-state index in [1.54, 1.807) is 0 Å². The molecule has 0 aromatic heterocycles. The van der Waals surface area contributed by atoms with Gasteiger partial charge in [-0.3, -0.25) is 0 Å². The van der Waals surface area contributed by atoms with Gasteiger partial charge < -0.3 is 19.3 Å². The van der Waals surface area contributed by atoms with Crippen LogP contribution in [0.2, 0.25) is 0 Å². The third-order valence-electron chi connectivity index (χ3n) is 2.04. The van der Waals surface area contributed by atoms with Crippen LogP contribution in [0.25, 0.3) is 0 Å². The molecule has 0 saturated carbocycles. The fraction of sp³-hybridized carbons (Fsp3) is 0.833. The number of nitrogens with one attached hydrogen (secondary N) is 1. The maximum Gasteiger partial charge on any atom is 1.00 e. The minimum Gasteiger partial charge on any atom is -0.776 e. The van der Waals surface area contributed by atoms with E-state index in [0.29, 0.717) is 6.04 Å². The van der Waals surface area contributed by atoms with Crippen LogP contribution in [0.5, 0.6) is 0 Å². The number of rotatable bonds is 0. The van der Waals surface area contributed by atoms with Gasteiger partial charge in [0.05, 0.1) is 0 Å². The minimum absolute atomic E-state index is 0. The number of hydrogen-bond acceptors (Lipinski definition) is 4. The van der Waals surface area contributed by atoms with E-state index < -0.39 is 12.3 Å². The van der Waals surface area contributed by atoms with Gasteiger partial charge in [0.2, 0.25) is 0 Å². The van der Waals surface area contributed by atoms with Crippen molar-refractivity contribution in [3.05, 3.63) is 0 Å². The van der Waals surface area contributed by atoms with Crippen molar-refractivity contribution in [2.24, 2.45) is 0 Å². The van der Waals surface area contributed by atoms with Gasteiger partial charge >= 0.3 is 35.6 Å². The quantitative estimate of drug-likeness (QED) is 0.345. The van der Waals surface area contributed by atoms with E-state index in [1.165, 1.54) is 12.8 Å². The molecule has 13 heavy (non-hydrogen) atoms. The van der Waals surface area contributed by atoms with E-state index in [9.17, 15) is 4.79 Å². The van der Waals surface area contributed by atoms with Crippen molar-refractivity contribution in [1.82, 2.24) is 10.2 Å². The van der Waals surface area contributed by atoms with E-state index in [4.69, 9.17) is 9.11 Å². The predicted octanol–water partition coefficient (Wildman–Crippen LogP) is -2.50. The summed E-state index contributed by atoms with van der Waals surface area (Å²) in [5, 5.41) is 2.90. The van der Waals surface area contributed by atoms with Crippen LogP contribution in [0.3, 0.4) is 0 Å². The summed E-state index contributed by atoms with van der Waals surface area (Å²) in [6.07, 6.45) is 2.34. The summed E-state index contributed by atoms with van der Waals surface area (Å²) in [6.45, 7) is 1.90. The van der Waals surface area contributed by atoms with Crippen LogP contribution in [0.15, 0.2) is 0 Å². The monoisotopic (exact) mass is 214 g/mol. The summed E-state index contributed by atoms with van der Waals surface area (Å²) in [5.41, 5.74) is 0. The summed E-state index contributed by atoms with van der Waals surface area (Å²) >= 11 is -0.500. The van der Waals surface area contributed by atoms with Gasteiger partial charge in [-0.1, -0.05) is 0 Å². The summed E-state index contributed by atoms with van der Waals surface area (Å²) in [4.78, 5) is 12.8. The normalized spacial score (nSPS) is 24.0. The molecular formula is C6H11N2NaO3S. The zero-order valence-corrected chi connectivity index (χ0v) is 10.3. The first kappa shape index (κ1) is 13.5. The van der Waals surface area contributed by atoms with Gasteiger partial charge in [-0.15, -0.1) is 12.3 Å². The Morgan fingerprint density at radius 2 is 2.31 bits per heavy atom. The Morgan fingerprint density at radius 1 is 1.69 bits per heavy atom. The zero-order chi connectivity index (χ0) is 8.97. The Hall–Kier alpha value is 0.540. The van der Waals surface area contributed by atoms with Crippen LogP contribution < -0.4 is 34.9 Å². The number of fused-ring (bicyclic) bond motifs is 2. The van der Waals surface area contributed by atoms with Crippen molar-refractivity contribution >= 4 is 18.4 Å². The molecule has 0 aliphatic carbocycles. The largest absolute Gasteiger partial charge is 1.00 e. The molecule has 70 valence electrons. The number of nitrogens with zero attached hydrogens (tertiary/aromatic N) is 1. The molecule has 0 aromatic carbocycles. The molecule has 2 fully saturated rings. The van der Waals surface area contributed by atoms with Gasteiger partial charge in [0.1, 0.15) is 0 Å². The molecule has 2 N–H and O–H groups in total. The van der Waals surface area contributed by atoms with Gasteiger partial charge in [-0.25, -0.2) is 4.79 Å². The maximum absolute atomic E-state index is 10.9. The van der Waals surface area contributed by atoms with E-state index in [-0.39, 0.29) is 35.6 Å². The fourth-order valence-electron chi connectivity index (χ4n) is 1.55. The second kappa shape index (κ2) is 6.92. The van der Waals surface area contributed by atoms with Gasteiger partial charge in [-0.2, -0.15) is 0 Å². The van der Waals surface area contributed by atoms with Gasteiger partial charge in [0, 0.05) is 19.1 Å². The molecule has 2 amide bonds. The number of hydrogen-bond donors (Lipinski definition) is 2. The van der Waals surface area contributed by atoms with Gasteiger partial charge in [0.25, 0.3) is 0 Å². The van der Waals surface area contributed by atoms with Crippen LogP contribution in [-0.4, -0.2) is 39.2 Å². The van der Waals surface area contributed by atoms with Crippen molar-refractivity contribution < 1.29 is 43.5 Å². The maximum atomic E-state index is 10.9. The second-order valence-corrected chi connectivity index (χ2v) is 2.96. The molecular weight excluding hydrogens is 203 g/mol. The molecule has 1 atom stereocenters. The van der Waals surface area contributed by atoms with Crippen molar-refractivity contribution in [3.8, 4) is 0 Å². The Balaban J connectivity index is 0.000000324. The summed E-state index contributed by atoms with van der Waals surface area (Å²) in [6, 6.07) is 0.601. The summed E-state index contributed by atoms with van der Waals surface area (Å²) in [7, 11) is 0. The van der Waals surface area contributed by atoms with Crippen LogP contribution in [0, 0.1) is 0 Å². The van der Waals surface area contributed by atoms with E-state index in [0.717, 1.165) is 13.1 Å². The van der Waals surface area contributed by atoms with Crippen LogP contribution in [0.4, 0.5) is 4.79 Å². The number of carbonyl (C=O) groups excluding carboxylic acids is 1. The van der Waals surface area contributed by atoms with Crippen molar-refractivity contribution in [2.75, 3.05) is 13.1 Å². The molecule has 5 nitrogen and oxygen atoms in total. The molecule has 2 aliphatic rings. The number of urea groups is 1. The van der Waals surface area contributed by atoms with Crippen LogP contribution >= 0.6 is 12.3 Å². The van der Waals surface area contributed by atoms with Crippen molar-refractivity contribution in [3.63, 3.8) is 0 Å². The van der Waals surface area contributed by atoms with Crippen molar-refractivity contribution in [2.45, 2.75) is 18.9 Å². The second-order valence-electron chi connectivity index (χ2n) is 2.81. The molecule has 2 bridgehead atoms. The number of amides is 2. The average molecular weight is 214 g/mol. The zero-order valence-electron chi connectivity index (χ0n) is 7.52. The molecule has 7 heteroatoms. The van der Waals surface area contributed by atoms with E-state index in [1.807, 2.05) is 4.90 Å². The van der Waals surface area contributed by atoms with E-state index in [2.05, 4.69) is 5.32 Å². The Labute approximate surface area is 104 Å². The Morgan fingerprint density at radius 3 is 2.77 bits per heavy atom. The first-order chi connectivity index (χ1) is 5.77.